The number of carbonyl (C=O) groups is 2. The fourth-order valence-electron chi connectivity index (χ4n) is 2.41. The molecule has 0 radical (unpaired) electrons. The number of hydrogen-bond acceptors (Lipinski definition) is 4. The van der Waals surface area contributed by atoms with Crippen molar-refractivity contribution in [3.63, 3.8) is 0 Å². The molecule has 0 unspecified atom stereocenters. The van der Waals surface area contributed by atoms with Crippen LogP contribution in [0.3, 0.4) is 0 Å². The zero-order valence-corrected chi connectivity index (χ0v) is 15.1. The van der Waals surface area contributed by atoms with E-state index in [9.17, 15) is 9.59 Å². The number of aryl methyl sites for hydroxylation is 2. The number of carbonyl (C=O) groups excluding carboxylic acids is 2. The first-order valence-electron chi connectivity index (χ1n) is 7.72. The van der Waals surface area contributed by atoms with Crippen molar-refractivity contribution < 1.29 is 14.3 Å². The van der Waals surface area contributed by atoms with Crippen LogP contribution in [0, 0.1) is 13.8 Å². The Hall–Kier alpha value is -2.40. The molecule has 4 nitrogen and oxygen atoms in total. The summed E-state index contributed by atoms with van der Waals surface area (Å²) in [6.07, 6.45) is 3.92. The van der Waals surface area contributed by atoms with E-state index in [2.05, 4.69) is 5.32 Å². The van der Waals surface area contributed by atoms with Crippen molar-refractivity contribution in [1.82, 2.24) is 0 Å². The Balaban J connectivity index is 2.19. The first-order valence-corrected chi connectivity index (χ1v) is 8.54. The van der Waals surface area contributed by atoms with E-state index in [0.717, 1.165) is 16.0 Å². The Morgan fingerprint density at radius 1 is 1.21 bits per heavy atom. The smallest absolute Gasteiger partial charge is 0.341 e. The number of esters is 1. The Bertz CT molecular complexity index is 773. The normalized spacial score (nSPS) is 10.8. The maximum absolute atomic E-state index is 12.2. The van der Waals surface area contributed by atoms with Gasteiger partial charge in [0.1, 0.15) is 5.00 Å². The van der Waals surface area contributed by atoms with Crippen LogP contribution in [-0.4, -0.2) is 19.0 Å². The van der Waals surface area contributed by atoms with E-state index in [-0.39, 0.29) is 5.91 Å². The molecule has 2 aromatic rings. The lowest BCUT2D eigenvalue weighted by atomic mass is 10.1. The molecule has 0 aliphatic rings. The second-order valence-corrected chi connectivity index (χ2v) is 6.64. The van der Waals surface area contributed by atoms with Gasteiger partial charge in [-0.1, -0.05) is 36.8 Å². The average Bonchev–Trinajstić information content (AvgIpc) is 2.88. The standard InChI is InChI=1S/C19H21NO3S/c1-5-15-13(3)24-18(17(15)19(22)23-4)20-16(21)11-10-14-8-6-12(2)7-9-14/h6-11H,5H2,1-4H3,(H,20,21). The molecule has 1 aromatic heterocycles. The van der Waals surface area contributed by atoms with Crippen LogP contribution in [0.25, 0.3) is 6.08 Å². The Morgan fingerprint density at radius 2 is 1.88 bits per heavy atom. The van der Waals surface area contributed by atoms with Crippen molar-refractivity contribution in [2.24, 2.45) is 0 Å². The van der Waals surface area contributed by atoms with E-state index < -0.39 is 5.97 Å². The van der Waals surface area contributed by atoms with Gasteiger partial charge in [0.05, 0.1) is 12.7 Å². The molecule has 1 N–H and O–H groups in total. The Labute approximate surface area is 146 Å². The maximum Gasteiger partial charge on any atom is 0.341 e. The molecular formula is C19H21NO3S. The summed E-state index contributed by atoms with van der Waals surface area (Å²) in [5.41, 5.74) is 3.49. The molecule has 0 saturated heterocycles. The summed E-state index contributed by atoms with van der Waals surface area (Å²) in [4.78, 5) is 25.2. The van der Waals surface area contributed by atoms with E-state index in [1.165, 1.54) is 30.1 Å². The molecule has 0 atom stereocenters. The van der Waals surface area contributed by atoms with Crippen molar-refractivity contribution in [2.45, 2.75) is 27.2 Å². The number of nitrogens with one attached hydrogen (secondary N) is 1. The van der Waals surface area contributed by atoms with Crippen LogP contribution < -0.4 is 5.32 Å². The predicted octanol–water partition coefficient (Wildman–Crippen LogP) is 4.37. The molecular weight excluding hydrogens is 322 g/mol. The van der Waals surface area contributed by atoms with Gasteiger partial charge in [-0.3, -0.25) is 4.79 Å². The van der Waals surface area contributed by atoms with Gasteiger partial charge in [-0.05, 0) is 37.5 Å². The lowest BCUT2D eigenvalue weighted by Gasteiger charge is -2.05. The van der Waals surface area contributed by atoms with Crippen LogP contribution in [0.2, 0.25) is 0 Å². The molecule has 2 rings (SSSR count). The van der Waals surface area contributed by atoms with Crippen LogP contribution >= 0.6 is 11.3 Å². The molecule has 1 amide bonds. The maximum atomic E-state index is 12.2. The van der Waals surface area contributed by atoms with Gasteiger partial charge in [-0.15, -0.1) is 11.3 Å². The van der Waals surface area contributed by atoms with Crippen molar-refractivity contribution in [2.75, 3.05) is 12.4 Å². The van der Waals surface area contributed by atoms with Gasteiger partial charge < -0.3 is 10.1 Å². The number of ether oxygens (including phenoxy) is 1. The van der Waals surface area contributed by atoms with Gasteiger partial charge >= 0.3 is 5.97 Å². The van der Waals surface area contributed by atoms with Gasteiger partial charge in [0.25, 0.3) is 0 Å². The quantitative estimate of drug-likeness (QED) is 0.648. The highest BCUT2D eigenvalue weighted by Crippen LogP contribution is 2.34. The Morgan fingerprint density at radius 3 is 2.46 bits per heavy atom. The molecule has 0 fully saturated rings. The van der Waals surface area contributed by atoms with E-state index in [1.54, 1.807) is 6.08 Å². The molecule has 1 aromatic carbocycles. The number of rotatable bonds is 5. The second-order valence-electron chi connectivity index (χ2n) is 5.42. The number of methoxy groups -OCH3 is 1. The van der Waals surface area contributed by atoms with Gasteiger partial charge in [-0.2, -0.15) is 0 Å². The highest BCUT2D eigenvalue weighted by atomic mass is 32.1. The number of amides is 1. The predicted molar refractivity (Wildman–Crippen MR) is 98.6 cm³/mol. The number of hydrogen-bond donors (Lipinski definition) is 1. The summed E-state index contributed by atoms with van der Waals surface area (Å²) in [6, 6.07) is 7.87. The summed E-state index contributed by atoms with van der Waals surface area (Å²) in [6.45, 7) is 5.93. The number of benzene rings is 1. The van der Waals surface area contributed by atoms with Crippen LogP contribution in [0.4, 0.5) is 5.00 Å². The molecule has 0 spiro atoms. The van der Waals surface area contributed by atoms with Crippen molar-refractivity contribution in [1.29, 1.82) is 0 Å². The lowest BCUT2D eigenvalue weighted by Crippen LogP contribution is -2.12. The summed E-state index contributed by atoms with van der Waals surface area (Å²) >= 11 is 1.39. The fourth-order valence-corrected chi connectivity index (χ4v) is 3.55. The third-order valence-electron chi connectivity index (χ3n) is 3.69. The molecule has 24 heavy (non-hydrogen) atoms. The highest BCUT2D eigenvalue weighted by Gasteiger charge is 2.22. The third-order valence-corrected chi connectivity index (χ3v) is 4.76. The molecule has 1 heterocycles. The summed E-state index contributed by atoms with van der Waals surface area (Å²) < 4.78 is 4.85. The van der Waals surface area contributed by atoms with Gasteiger partial charge in [0, 0.05) is 11.0 Å². The topological polar surface area (TPSA) is 55.4 Å². The molecule has 0 bridgehead atoms. The molecule has 0 saturated carbocycles. The second kappa shape index (κ2) is 7.93. The molecule has 126 valence electrons. The van der Waals surface area contributed by atoms with Crippen molar-refractivity contribution in [3.8, 4) is 0 Å². The van der Waals surface area contributed by atoms with E-state index in [0.29, 0.717) is 17.0 Å². The van der Waals surface area contributed by atoms with E-state index in [1.807, 2.05) is 45.0 Å². The highest BCUT2D eigenvalue weighted by molar-refractivity contribution is 7.16. The SMILES string of the molecule is CCc1c(C)sc(NC(=O)C=Cc2ccc(C)cc2)c1C(=O)OC. The van der Waals surface area contributed by atoms with Crippen LogP contribution in [0.5, 0.6) is 0 Å². The average molecular weight is 343 g/mol. The first-order chi connectivity index (χ1) is 11.5. The van der Waals surface area contributed by atoms with E-state index in [4.69, 9.17) is 4.74 Å². The largest absolute Gasteiger partial charge is 0.465 e. The summed E-state index contributed by atoms with van der Waals surface area (Å²) in [7, 11) is 1.34. The van der Waals surface area contributed by atoms with Crippen LogP contribution in [-0.2, 0) is 16.0 Å². The van der Waals surface area contributed by atoms with Gasteiger partial charge in [-0.25, -0.2) is 4.79 Å². The molecule has 5 heteroatoms. The Kier molecular flexibility index (Phi) is 5.93. The first kappa shape index (κ1) is 17.9. The van der Waals surface area contributed by atoms with Gasteiger partial charge in [0.15, 0.2) is 0 Å². The molecule has 0 aliphatic carbocycles. The minimum Gasteiger partial charge on any atom is -0.465 e. The summed E-state index contributed by atoms with van der Waals surface area (Å²) in [5, 5.41) is 3.33. The van der Waals surface area contributed by atoms with Crippen LogP contribution in [0.1, 0.15) is 38.8 Å². The number of anilines is 1. The van der Waals surface area contributed by atoms with Crippen molar-refractivity contribution >= 4 is 34.3 Å². The zero-order chi connectivity index (χ0) is 17.7. The minimum absolute atomic E-state index is 0.273. The number of thiophene rings is 1. The van der Waals surface area contributed by atoms with E-state index >= 15 is 0 Å². The fraction of sp³-hybridized carbons (Fsp3) is 0.263. The van der Waals surface area contributed by atoms with Crippen LogP contribution in [0.15, 0.2) is 30.3 Å². The van der Waals surface area contributed by atoms with Gasteiger partial charge in [0.2, 0.25) is 5.91 Å². The minimum atomic E-state index is -0.422. The summed E-state index contributed by atoms with van der Waals surface area (Å²) in [5.74, 6) is -0.696. The zero-order valence-electron chi connectivity index (χ0n) is 14.3. The monoisotopic (exact) mass is 343 g/mol. The third kappa shape index (κ3) is 4.11. The van der Waals surface area contributed by atoms with Crippen molar-refractivity contribution in [3.05, 3.63) is 57.5 Å². The lowest BCUT2D eigenvalue weighted by molar-refractivity contribution is -0.111. The molecule has 0 aliphatic heterocycles.